The van der Waals surface area contributed by atoms with Gasteiger partial charge < -0.3 is 14.6 Å². The molecule has 4 heteroatoms. The van der Waals surface area contributed by atoms with Crippen LogP contribution < -0.4 is 9.47 Å². The fourth-order valence-electron chi connectivity index (χ4n) is 1.85. The molecule has 4 nitrogen and oxygen atoms in total. The lowest BCUT2D eigenvalue weighted by atomic mass is 10.0. The van der Waals surface area contributed by atoms with Crippen molar-refractivity contribution in [2.75, 3.05) is 14.2 Å². The maximum absolute atomic E-state index is 10.4. The number of nitrogens with zero attached hydrogens (tertiary/aromatic N) is 1. The number of hydrogen-bond donors (Lipinski definition) is 1. The van der Waals surface area contributed by atoms with E-state index < -0.39 is 6.10 Å². The van der Waals surface area contributed by atoms with Crippen LogP contribution in [-0.2, 0) is 0 Å². The summed E-state index contributed by atoms with van der Waals surface area (Å²) in [6, 6.07) is 8.98. The van der Waals surface area contributed by atoms with Gasteiger partial charge in [0.25, 0.3) is 0 Å². The molecule has 1 aromatic carbocycles. The number of pyridine rings is 1. The third-order valence-electron chi connectivity index (χ3n) is 2.74. The summed E-state index contributed by atoms with van der Waals surface area (Å²) in [7, 11) is 3.13. The van der Waals surface area contributed by atoms with Crippen LogP contribution in [0, 0.1) is 0 Å². The van der Waals surface area contributed by atoms with Crippen molar-refractivity contribution in [1.82, 2.24) is 4.98 Å². The standard InChI is InChI=1S/C14H15NO3/c1-17-11-6-3-7-12(18-2)13(11)14(16)10-5-4-8-15-9-10/h3-9,14,16H,1-2H3. The maximum Gasteiger partial charge on any atom is 0.128 e. The first kappa shape index (κ1) is 12.4. The van der Waals surface area contributed by atoms with Crippen LogP contribution >= 0.6 is 0 Å². The van der Waals surface area contributed by atoms with Crippen molar-refractivity contribution in [2.24, 2.45) is 0 Å². The number of hydrogen-bond acceptors (Lipinski definition) is 4. The first-order valence-corrected chi connectivity index (χ1v) is 5.56. The Labute approximate surface area is 106 Å². The van der Waals surface area contributed by atoms with Crippen molar-refractivity contribution in [1.29, 1.82) is 0 Å². The molecule has 0 radical (unpaired) electrons. The molecule has 18 heavy (non-hydrogen) atoms. The Morgan fingerprint density at radius 1 is 1.06 bits per heavy atom. The molecule has 1 N–H and O–H groups in total. The number of methoxy groups -OCH3 is 2. The Balaban J connectivity index is 2.49. The molecular formula is C14H15NO3. The van der Waals surface area contributed by atoms with Crippen molar-refractivity contribution in [2.45, 2.75) is 6.10 Å². The molecule has 0 aliphatic heterocycles. The van der Waals surface area contributed by atoms with Crippen LogP contribution in [0.1, 0.15) is 17.2 Å². The molecule has 1 atom stereocenters. The highest BCUT2D eigenvalue weighted by Crippen LogP contribution is 2.36. The predicted molar refractivity (Wildman–Crippen MR) is 67.8 cm³/mol. The molecule has 0 amide bonds. The number of aliphatic hydroxyl groups is 1. The summed E-state index contributed by atoms with van der Waals surface area (Å²) in [4.78, 5) is 4.00. The zero-order chi connectivity index (χ0) is 13.0. The fourth-order valence-corrected chi connectivity index (χ4v) is 1.85. The summed E-state index contributed by atoms with van der Waals surface area (Å²) in [6.45, 7) is 0. The van der Waals surface area contributed by atoms with Crippen molar-refractivity contribution >= 4 is 0 Å². The van der Waals surface area contributed by atoms with E-state index in [-0.39, 0.29) is 0 Å². The minimum absolute atomic E-state index is 0.589. The molecule has 0 saturated heterocycles. The first-order valence-electron chi connectivity index (χ1n) is 5.56. The lowest BCUT2D eigenvalue weighted by Crippen LogP contribution is -2.05. The largest absolute Gasteiger partial charge is 0.496 e. The summed E-state index contributed by atoms with van der Waals surface area (Å²) >= 11 is 0. The van der Waals surface area contributed by atoms with Crippen LogP contribution in [0.3, 0.4) is 0 Å². The molecule has 1 aromatic heterocycles. The Bertz CT molecular complexity index is 491. The van der Waals surface area contributed by atoms with Gasteiger partial charge in [0.15, 0.2) is 0 Å². The van der Waals surface area contributed by atoms with Gasteiger partial charge in [-0.2, -0.15) is 0 Å². The third-order valence-corrected chi connectivity index (χ3v) is 2.74. The zero-order valence-electron chi connectivity index (χ0n) is 10.3. The SMILES string of the molecule is COc1cccc(OC)c1C(O)c1cccnc1. The van der Waals surface area contributed by atoms with Crippen LogP contribution in [0.5, 0.6) is 11.5 Å². The number of ether oxygens (including phenoxy) is 2. The van der Waals surface area contributed by atoms with Gasteiger partial charge in [-0.25, -0.2) is 0 Å². The maximum atomic E-state index is 10.4. The van der Waals surface area contributed by atoms with Crippen LogP contribution in [-0.4, -0.2) is 24.3 Å². The van der Waals surface area contributed by atoms with E-state index in [9.17, 15) is 5.11 Å². The van der Waals surface area contributed by atoms with E-state index in [0.29, 0.717) is 22.6 Å². The van der Waals surface area contributed by atoms with E-state index in [1.165, 1.54) is 0 Å². The zero-order valence-corrected chi connectivity index (χ0v) is 10.3. The van der Waals surface area contributed by atoms with Gasteiger partial charge >= 0.3 is 0 Å². The highest BCUT2D eigenvalue weighted by atomic mass is 16.5. The van der Waals surface area contributed by atoms with Gasteiger partial charge in [-0.05, 0) is 18.2 Å². The van der Waals surface area contributed by atoms with E-state index in [4.69, 9.17) is 9.47 Å². The second-order valence-electron chi connectivity index (χ2n) is 3.77. The molecular weight excluding hydrogens is 230 g/mol. The third kappa shape index (κ3) is 2.28. The molecule has 2 aromatic rings. The summed E-state index contributed by atoms with van der Waals surface area (Å²) in [6.07, 6.45) is 2.46. The Kier molecular flexibility index (Phi) is 3.79. The molecule has 0 saturated carbocycles. The lowest BCUT2D eigenvalue weighted by molar-refractivity contribution is 0.208. The molecule has 0 aliphatic rings. The van der Waals surface area contributed by atoms with Gasteiger partial charge in [-0.15, -0.1) is 0 Å². The number of aromatic nitrogens is 1. The highest BCUT2D eigenvalue weighted by Gasteiger charge is 2.20. The highest BCUT2D eigenvalue weighted by molar-refractivity contribution is 5.49. The molecule has 1 unspecified atom stereocenters. The van der Waals surface area contributed by atoms with Gasteiger partial charge in [0.1, 0.15) is 17.6 Å². The summed E-state index contributed by atoms with van der Waals surface area (Å²) in [5, 5.41) is 10.4. The van der Waals surface area contributed by atoms with Crippen molar-refractivity contribution in [3.05, 3.63) is 53.9 Å². The van der Waals surface area contributed by atoms with Gasteiger partial charge in [0.05, 0.1) is 19.8 Å². The van der Waals surface area contributed by atoms with Crippen LogP contribution in [0.4, 0.5) is 0 Å². The number of rotatable bonds is 4. The van der Waals surface area contributed by atoms with Gasteiger partial charge in [-0.1, -0.05) is 12.1 Å². The Morgan fingerprint density at radius 2 is 1.72 bits per heavy atom. The molecule has 0 aliphatic carbocycles. The van der Waals surface area contributed by atoms with Crippen LogP contribution in [0.2, 0.25) is 0 Å². The van der Waals surface area contributed by atoms with Gasteiger partial charge in [-0.3, -0.25) is 4.98 Å². The molecule has 0 spiro atoms. The fraction of sp³-hybridized carbons (Fsp3) is 0.214. The lowest BCUT2D eigenvalue weighted by Gasteiger charge is -2.17. The first-order chi connectivity index (χ1) is 8.77. The second-order valence-corrected chi connectivity index (χ2v) is 3.77. The number of benzene rings is 1. The van der Waals surface area contributed by atoms with Crippen LogP contribution in [0.25, 0.3) is 0 Å². The molecule has 94 valence electrons. The van der Waals surface area contributed by atoms with Crippen molar-refractivity contribution < 1.29 is 14.6 Å². The van der Waals surface area contributed by atoms with E-state index in [0.717, 1.165) is 0 Å². The molecule has 2 rings (SSSR count). The van der Waals surface area contributed by atoms with Crippen molar-refractivity contribution in [3.8, 4) is 11.5 Å². The normalized spacial score (nSPS) is 11.9. The van der Waals surface area contributed by atoms with E-state index >= 15 is 0 Å². The minimum Gasteiger partial charge on any atom is -0.496 e. The molecule has 1 heterocycles. The van der Waals surface area contributed by atoms with Gasteiger partial charge in [0.2, 0.25) is 0 Å². The summed E-state index contributed by atoms with van der Waals surface area (Å²) in [5.41, 5.74) is 1.30. The monoisotopic (exact) mass is 245 g/mol. The average molecular weight is 245 g/mol. The predicted octanol–water partition coefficient (Wildman–Crippen LogP) is 2.18. The number of aliphatic hydroxyl groups excluding tert-OH is 1. The molecule has 0 bridgehead atoms. The molecule has 0 fully saturated rings. The average Bonchev–Trinajstić information content (AvgIpc) is 2.46. The topological polar surface area (TPSA) is 51.6 Å². The van der Waals surface area contributed by atoms with Crippen molar-refractivity contribution in [3.63, 3.8) is 0 Å². The van der Waals surface area contributed by atoms with E-state index in [1.807, 2.05) is 12.1 Å². The minimum atomic E-state index is -0.829. The smallest absolute Gasteiger partial charge is 0.128 e. The Morgan fingerprint density at radius 3 is 2.22 bits per heavy atom. The van der Waals surface area contributed by atoms with E-state index in [1.54, 1.807) is 44.8 Å². The Hall–Kier alpha value is -2.07. The quantitative estimate of drug-likeness (QED) is 0.897. The van der Waals surface area contributed by atoms with Gasteiger partial charge in [0, 0.05) is 18.0 Å². The summed E-state index contributed by atoms with van der Waals surface area (Å²) < 4.78 is 10.5. The summed E-state index contributed by atoms with van der Waals surface area (Å²) in [5.74, 6) is 1.18. The van der Waals surface area contributed by atoms with Crippen LogP contribution in [0.15, 0.2) is 42.7 Å². The van der Waals surface area contributed by atoms with E-state index in [2.05, 4.69) is 4.98 Å². The second kappa shape index (κ2) is 5.51.